The summed E-state index contributed by atoms with van der Waals surface area (Å²) in [4.78, 5) is 154. The van der Waals surface area contributed by atoms with Crippen molar-refractivity contribution >= 4 is 93.8 Å². The van der Waals surface area contributed by atoms with Crippen LogP contribution in [0, 0.1) is 104 Å². The van der Waals surface area contributed by atoms with E-state index in [-0.39, 0.29) is 122 Å². The number of carbonyl (C=O) groups is 10. The summed E-state index contributed by atoms with van der Waals surface area (Å²) in [5, 5.41) is 69.8. The summed E-state index contributed by atoms with van der Waals surface area (Å²) in [5.74, 6) is -13.5. The number of benzene rings is 8. The van der Waals surface area contributed by atoms with Gasteiger partial charge >= 0.3 is 95.3 Å². The molecule has 0 radical (unpaired) electrons. The quantitative estimate of drug-likeness (QED) is 0.00662. The monoisotopic (exact) mass is 1960 g/mol. The molecule has 0 spiro atoms. The Labute approximate surface area is 810 Å². The van der Waals surface area contributed by atoms with E-state index in [1.807, 2.05) is 12.1 Å². The van der Waals surface area contributed by atoms with Crippen LogP contribution in [0.4, 0.5) is 64.9 Å². The first-order chi connectivity index (χ1) is 64.4. The van der Waals surface area contributed by atoms with Gasteiger partial charge in [0, 0.05) is 35.9 Å². The number of ether oxygens (including phenoxy) is 8. The molecule has 1 amide bonds. The Morgan fingerprint density at radius 1 is 0.443 bits per heavy atom. The number of rotatable bonds is 26. The van der Waals surface area contributed by atoms with E-state index in [1.54, 1.807) is 126 Å². The minimum absolute atomic E-state index is 0. The SMILES string of the molecule is CCOC(=O)C(C(=O)OC(C)(C)C)c1ccc([N+](=O)[O-])c(F)c1.CCOC(=O)C1(c2ccc(N)c(F)c2)CCC1.CCOC(=O)C1(c2ccc(NC(=O)c3cccc(C#N)c3)c(F)c2)CCC1.CCOC(=O)C1(c2ccc([N+](=O)[O-])c(F)c2)CCC1.CCOC(=O)CC(=O)OC(C)(C)C.CCOC(=O)Cc1ccc([N+](=O)[O-])c(F)c1.N#Cc1cccc(C(=O)O)c1.O.O=[N+]([O-])c1ccc(F)cc1F.[Li+].[OH-]. The molecule has 140 heavy (non-hydrogen) atoms. The second-order valence-electron chi connectivity index (χ2n) is 31.6. The maximum atomic E-state index is 14.6. The number of nitro benzene ring substituents is 4. The topological polar surface area (TPSA) is 584 Å². The molecule has 3 aliphatic rings. The number of nitrogens with zero attached hydrogens (tertiary/aromatic N) is 6. The van der Waals surface area contributed by atoms with Crippen LogP contribution in [-0.4, -0.2) is 146 Å². The minimum Gasteiger partial charge on any atom is -0.870 e. The van der Waals surface area contributed by atoms with Gasteiger partial charge in [0.15, 0.2) is 5.92 Å². The number of hydrogen-bond acceptors (Lipinski definition) is 30. The Morgan fingerprint density at radius 3 is 1.19 bits per heavy atom. The predicted octanol–water partition coefficient (Wildman–Crippen LogP) is 14.0. The fourth-order valence-corrected chi connectivity index (χ4v) is 12.9. The van der Waals surface area contributed by atoms with Crippen LogP contribution >= 0.6 is 0 Å². The van der Waals surface area contributed by atoms with Crippen LogP contribution in [0.25, 0.3) is 0 Å². The molecule has 748 valence electrons. The number of carboxylic acid groups (broad SMARTS) is 1. The van der Waals surface area contributed by atoms with Crippen molar-refractivity contribution in [3.63, 3.8) is 0 Å². The average molecular weight is 1960 g/mol. The van der Waals surface area contributed by atoms with E-state index in [0.29, 0.717) is 71.7 Å². The summed E-state index contributed by atoms with van der Waals surface area (Å²) in [7, 11) is 0. The summed E-state index contributed by atoms with van der Waals surface area (Å²) in [6.07, 6.45) is 6.15. The maximum absolute atomic E-state index is 14.6. The third kappa shape index (κ3) is 36.7. The van der Waals surface area contributed by atoms with Gasteiger partial charge in [0.2, 0.25) is 23.3 Å². The summed E-state index contributed by atoms with van der Waals surface area (Å²) in [6, 6.07) is 36.7. The largest absolute Gasteiger partial charge is 1.00 e. The molecular formula is C95H104F7LiN8O29. The van der Waals surface area contributed by atoms with Gasteiger partial charge in [0.05, 0.1) is 122 Å². The van der Waals surface area contributed by atoms with Crippen LogP contribution in [0.5, 0.6) is 0 Å². The normalized spacial score (nSPS) is 12.8. The second-order valence-corrected chi connectivity index (χ2v) is 31.6. The van der Waals surface area contributed by atoms with E-state index in [9.17, 15) is 119 Å². The Bertz CT molecular complexity index is 5790. The third-order valence-electron chi connectivity index (χ3n) is 19.8. The van der Waals surface area contributed by atoms with Crippen LogP contribution in [0.3, 0.4) is 0 Å². The van der Waals surface area contributed by atoms with E-state index in [2.05, 4.69) is 14.8 Å². The van der Waals surface area contributed by atoms with Gasteiger partial charge in [-0.2, -0.15) is 28.1 Å². The minimum atomic E-state index is -1.51. The Morgan fingerprint density at radius 2 is 0.814 bits per heavy atom. The number of esters is 8. The fraction of sp³-hybridized carbons (Fsp3) is 0.368. The van der Waals surface area contributed by atoms with E-state index in [4.69, 9.17) is 49.8 Å². The van der Waals surface area contributed by atoms with Crippen molar-refractivity contribution in [3.8, 4) is 12.1 Å². The zero-order chi connectivity index (χ0) is 103. The van der Waals surface area contributed by atoms with Crippen LogP contribution in [0.15, 0.2) is 158 Å². The zero-order valence-corrected chi connectivity index (χ0v) is 78.5. The number of nitrogens with two attached hydrogens (primary N) is 1. The number of hydrogen-bond donors (Lipinski definition) is 3. The van der Waals surface area contributed by atoms with Gasteiger partial charge in [-0.05, 0) is 234 Å². The van der Waals surface area contributed by atoms with E-state index >= 15 is 0 Å². The maximum Gasteiger partial charge on any atom is 1.00 e. The molecule has 1 atom stereocenters. The molecule has 0 aliphatic heterocycles. The molecule has 3 saturated carbocycles. The molecule has 45 heteroatoms. The summed E-state index contributed by atoms with van der Waals surface area (Å²) in [5.41, 5.74) is 2.32. The van der Waals surface area contributed by atoms with Gasteiger partial charge in [0.25, 0.3) is 5.91 Å². The Balaban J connectivity index is 0.000000811. The van der Waals surface area contributed by atoms with Crippen molar-refractivity contribution in [3.05, 3.63) is 289 Å². The Kier molecular flexibility index (Phi) is 50.7. The molecule has 3 fully saturated rings. The van der Waals surface area contributed by atoms with Crippen molar-refractivity contribution in [2.45, 2.75) is 187 Å². The molecular weight excluding hydrogens is 1860 g/mol. The van der Waals surface area contributed by atoms with Crippen molar-refractivity contribution in [1.82, 2.24) is 0 Å². The number of nitro groups is 4. The molecule has 37 nitrogen and oxygen atoms in total. The number of nitrogen functional groups attached to an aromatic ring is 1. The number of carbonyl (C=O) groups excluding carboxylic acids is 9. The van der Waals surface area contributed by atoms with Crippen LogP contribution in [0.1, 0.15) is 213 Å². The number of amides is 1. The van der Waals surface area contributed by atoms with E-state index in [1.165, 1.54) is 54.6 Å². The smallest absolute Gasteiger partial charge is 0.870 e. The first-order valence-electron chi connectivity index (χ1n) is 42.2. The van der Waals surface area contributed by atoms with Crippen LogP contribution < -0.4 is 29.9 Å². The van der Waals surface area contributed by atoms with E-state index in [0.717, 1.165) is 86.7 Å². The molecule has 7 N–H and O–H groups in total. The predicted molar refractivity (Wildman–Crippen MR) is 481 cm³/mol. The van der Waals surface area contributed by atoms with Gasteiger partial charge in [-0.15, -0.1) is 0 Å². The summed E-state index contributed by atoms with van der Waals surface area (Å²) >= 11 is 0. The first kappa shape index (κ1) is 123. The molecule has 0 bridgehead atoms. The van der Waals surface area contributed by atoms with Crippen molar-refractivity contribution in [2.24, 2.45) is 0 Å². The van der Waals surface area contributed by atoms with Crippen molar-refractivity contribution in [1.29, 1.82) is 10.5 Å². The van der Waals surface area contributed by atoms with Gasteiger partial charge in [-0.25, -0.2) is 18.0 Å². The van der Waals surface area contributed by atoms with Gasteiger partial charge in [-0.3, -0.25) is 83.6 Å². The summed E-state index contributed by atoms with van der Waals surface area (Å²) < 4.78 is 133. The number of nitriles is 2. The average Bonchev–Trinajstić information content (AvgIpc) is 0.703. The summed E-state index contributed by atoms with van der Waals surface area (Å²) in [6.45, 7) is 21.6. The standard InChI is InChI=1S/C21H19FN2O3.C15H18FNO6.C13H14FNO4.C13H16FNO2.C10H10FNO4.C9H16O4.C8H5NO2.C6H3F2NO2.Li.2H2O/c1-2-27-20(26)21(9-4-10-21)16-7-8-18(17(22)12-16)24-19(25)15-6-3-5-14(11-15)13-23;1-5-22-13(18)12(14(19)23-15(2,3)4)9-6-7-11(17(20)21)10(16)8-9;1-2-19-12(16)13(6-3-7-13)9-4-5-11(15(17)18)10(14)8-9;1-2-17-12(16)13(6-3-7-13)9-4-5-11(15)10(14)8-9;1-2-16-10(13)6-7-3-4-9(12(14)15)8(11)5-7;1-5-12-7(10)6-8(11)13-9(2,3)4;9-5-6-2-1-3-7(4-6)8(10)11;7-4-1-2-6(9(10)11)5(8)3-4;;;/h3,5-8,11-12H,2,4,9-10H2,1H3,(H,24,25);6-8,12H,5H2,1-4H3;4-5,8H,2-3,6-7H2,1H3;4-5,8H,2-3,6-7,15H2,1H3;3-5H,2,6H2,1H3;5-6H2,1-4H3;1-4H,(H,10,11);1-3H;;2*1H2/q;;;;;;;;+1;;/p-1. The first-order valence-corrected chi connectivity index (χ1v) is 42.2. The van der Waals surface area contributed by atoms with Crippen molar-refractivity contribution < 1.29 is 171 Å². The number of aromatic carboxylic acids is 1. The number of nitrogens with one attached hydrogen (secondary N) is 1. The van der Waals surface area contributed by atoms with Gasteiger partial charge in [-0.1, -0.05) is 61.7 Å². The molecule has 0 aromatic heterocycles. The van der Waals surface area contributed by atoms with Gasteiger partial charge in [0.1, 0.15) is 35.1 Å². The number of carboxylic acids is 1. The van der Waals surface area contributed by atoms with Gasteiger partial charge < -0.3 is 65.0 Å². The molecule has 0 heterocycles. The van der Waals surface area contributed by atoms with E-state index < -0.39 is 158 Å². The number of anilines is 2. The van der Waals surface area contributed by atoms with Crippen LogP contribution in [-0.2, 0) is 98.9 Å². The molecule has 1 unspecified atom stereocenters. The molecule has 0 saturated heterocycles. The second kappa shape index (κ2) is 57.8. The molecule has 3 aliphatic carbocycles. The third-order valence-corrected chi connectivity index (χ3v) is 19.8. The molecule has 8 aromatic rings. The Hall–Kier alpha value is -15.1. The van der Waals surface area contributed by atoms with Crippen LogP contribution in [0.2, 0.25) is 0 Å². The number of halogens is 7. The molecule has 11 rings (SSSR count). The van der Waals surface area contributed by atoms with Crippen molar-refractivity contribution in [2.75, 3.05) is 50.7 Å². The fourth-order valence-electron chi connectivity index (χ4n) is 12.9. The molecule has 8 aromatic carbocycles. The zero-order valence-electron chi connectivity index (χ0n) is 78.5.